The van der Waals surface area contributed by atoms with Crippen LogP contribution in [0.25, 0.3) is 6.08 Å². The highest BCUT2D eigenvalue weighted by Gasteiger charge is 2.44. The fourth-order valence-electron chi connectivity index (χ4n) is 4.68. The predicted molar refractivity (Wildman–Crippen MR) is 136 cm³/mol. The summed E-state index contributed by atoms with van der Waals surface area (Å²) in [6, 6.07) is 22.3. The molecule has 3 nitrogen and oxygen atoms in total. The summed E-state index contributed by atoms with van der Waals surface area (Å²) in [7, 11) is 0. The zero-order valence-electron chi connectivity index (χ0n) is 17.7. The van der Waals surface area contributed by atoms with Gasteiger partial charge in [0.25, 0.3) is 5.91 Å². The minimum Gasteiger partial charge on any atom is -0.267 e. The summed E-state index contributed by atoms with van der Waals surface area (Å²) in [6.07, 6.45) is 5.06. The van der Waals surface area contributed by atoms with E-state index in [1.807, 2.05) is 60.7 Å². The Balaban J connectivity index is 1.59. The molecule has 0 spiro atoms. The number of halogens is 3. The van der Waals surface area contributed by atoms with E-state index in [2.05, 4.69) is 6.08 Å². The number of benzene rings is 3. The Morgan fingerprint density at radius 1 is 0.909 bits per heavy atom. The summed E-state index contributed by atoms with van der Waals surface area (Å²) in [5.74, 6) is -0.0989. The van der Waals surface area contributed by atoms with Crippen LogP contribution in [0, 0.1) is 5.92 Å². The van der Waals surface area contributed by atoms with Crippen LogP contribution < -0.4 is 0 Å². The molecule has 0 aromatic heterocycles. The molecule has 1 aliphatic heterocycles. The van der Waals surface area contributed by atoms with Crippen LogP contribution in [0.15, 0.2) is 83.5 Å². The van der Waals surface area contributed by atoms with E-state index in [0.717, 1.165) is 41.7 Å². The molecule has 1 saturated carbocycles. The number of carbonyl (C=O) groups is 1. The smallest absolute Gasteiger partial charge is 0.267 e. The average Bonchev–Trinajstić information content (AvgIpc) is 3.22. The Hall–Kier alpha value is -2.59. The molecular formula is C27H21Cl3N2O. The molecule has 0 saturated heterocycles. The molecule has 5 rings (SSSR count). The molecule has 0 N–H and O–H groups in total. The molecule has 6 heteroatoms. The molecule has 1 heterocycles. The Kier molecular flexibility index (Phi) is 6.29. The first-order valence-corrected chi connectivity index (χ1v) is 12.0. The van der Waals surface area contributed by atoms with Crippen molar-refractivity contribution in [2.45, 2.75) is 25.3 Å². The van der Waals surface area contributed by atoms with E-state index in [0.29, 0.717) is 20.6 Å². The van der Waals surface area contributed by atoms with E-state index in [1.165, 1.54) is 0 Å². The molecular weight excluding hydrogens is 475 g/mol. The number of nitrogens with zero attached hydrogens (tertiary/aromatic N) is 2. The number of amides is 1. The summed E-state index contributed by atoms with van der Waals surface area (Å²) in [5.41, 5.74) is 4.65. The van der Waals surface area contributed by atoms with Crippen LogP contribution in [-0.2, 0) is 0 Å². The minimum atomic E-state index is -0.213. The normalized spacial score (nSPS) is 21.1. The number of hydrazone groups is 1. The third kappa shape index (κ3) is 4.46. The summed E-state index contributed by atoms with van der Waals surface area (Å²) in [4.78, 5) is 13.6. The van der Waals surface area contributed by atoms with E-state index < -0.39 is 0 Å². The highest BCUT2D eigenvalue weighted by Crippen LogP contribution is 2.45. The van der Waals surface area contributed by atoms with Gasteiger partial charge in [0.15, 0.2) is 0 Å². The van der Waals surface area contributed by atoms with Gasteiger partial charge in [-0.25, -0.2) is 5.01 Å². The second kappa shape index (κ2) is 9.34. The van der Waals surface area contributed by atoms with E-state index in [1.54, 1.807) is 17.1 Å². The lowest BCUT2D eigenvalue weighted by molar-refractivity contribution is 0.0681. The van der Waals surface area contributed by atoms with Gasteiger partial charge < -0.3 is 0 Å². The number of rotatable bonds is 3. The number of allylic oxidation sites excluding steroid dienone is 1. The molecule has 2 aliphatic rings. The van der Waals surface area contributed by atoms with Crippen molar-refractivity contribution < 1.29 is 4.79 Å². The Morgan fingerprint density at radius 2 is 1.58 bits per heavy atom. The first kappa shape index (κ1) is 22.2. The van der Waals surface area contributed by atoms with Gasteiger partial charge in [-0.1, -0.05) is 71.2 Å². The number of hydrogen-bond donors (Lipinski definition) is 0. The summed E-state index contributed by atoms with van der Waals surface area (Å²) in [6.45, 7) is 0. The molecule has 1 amide bonds. The van der Waals surface area contributed by atoms with Crippen LogP contribution >= 0.6 is 34.8 Å². The molecule has 3 aromatic carbocycles. The Bertz CT molecular complexity index is 1250. The van der Waals surface area contributed by atoms with Crippen molar-refractivity contribution in [3.8, 4) is 0 Å². The summed E-state index contributed by atoms with van der Waals surface area (Å²) < 4.78 is 0. The van der Waals surface area contributed by atoms with Gasteiger partial charge in [0, 0.05) is 16.0 Å². The number of fused-ring (bicyclic) bond motifs is 1. The molecule has 3 aromatic rings. The van der Waals surface area contributed by atoms with Crippen molar-refractivity contribution in [1.29, 1.82) is 0 Å². The molecule has 1 fully saturated rings. The number of carbonyl (C=O) groups excluding carboxylic acids is 1. The van der Waals surface area contributed by atoms with E-state index in [-0.39, 0.29) is 17.9 Å². The average molecular weight is 496 g/mol. The van der Waals surface area contributed by atoms with Crippen molar-refractivity contribution in [3.63, 3.8) is 0 Å². The fourth-order valence-corrected chi connectivity index (χ4v) is 5.15. The standard InChI is InChI=1S/C27H21Cl3N2O/c28-20-12-8-17(9-13-20)16-19-4-3-6-23-25(19)31-32(26(23)18-10-14-21(29)15-11-18)27(33)22-5-1-2-7-24(22)30/h1-2,5,7-16,23,26H,3-4,6H2/b19-16+/t23-,26+/m1/s1. The third-order valence-electron chi connectivity index (χ3n) is 6.24. The summed E-state index contributed by atoms with van der Waals surface area (Å²) in [5, 5.41) is 8.32. The van der Waals surface area contributed by atoms with Crippen LogP contribution in [0.3, 0.4) is 0 Å². The minimum absolute atomic E-state index is 0.102. The largest absolute Gasteiger partial charge is 0.276 e. The quantitative estimate of drug-likeness (QED) is 0.361. The van der Waals surface area contributed by atoms with Gasteiger partial charge in [0.05, 0.1) is 22.3 Å². The molecule has 2 atom stereocenters. The first-order valence-electron chi connectivity index (χ1n) is 10.9. The molecule has 1 aliphatic carbocycles. The topological polar surface area (TPSA) is 32.7 Å². The molecule has 166 valence electrons. The third-order valence-corrected chi connectivity index (χ3v) is 7.07. The Morgan fingerprint density at radius 3 is 2.27 bits per heavy atom. The predicted octanol–water partition coefficient (Wildman–Crippen LogP) is 8.08. The van der Waals surface area contributed by atoms with E-state index in [4.69, 9.17) is 39.9 Å². The molecule has 0 bridgehead atoms. The molecule has 0 unspecified atom stereocenters. The lowest BCUT2D eigenvalue weighted by Gasteiger charge is -2.30. The second-order valence-corrected chi connectivity index (χ2v) is 9.61. The van der Waals surface area contributed by atoms with E-state index >= 15 is 0 Å². The van der Waals surface area contributed by atoms with Crippen LogP contribution in [0.4, 0.5) is 0 Å². The molecule has 0 radical (unpaired) electrons. The fraction of sp³-hybridized carbons (Fsp3) is 0.185. The van der Waals surface area contributed by atoms with Crippen molar-refractivity contribution in [1.82, 2.24) is 5.01 Å². The SMILES string of the molecule is O=C(c1ccccc1Cl)N1N=C2/C(=C/c3ccc(Cl)cc3)CCC[C@H]2[C@@H]1c1ccc(Cl)cc1. The van der Waals surface area contributed by atoms with E-state index in [9.17, 15) is 4.79 Å². The van der Waals surface area contributed by atoms with Gasteiger partial charge in [-0.2, -0.15) is 5.10 Å². The Labute approximate surface area is 208 Å². The monoisotopic (exact) mass is 494 g/mol. The van der Waals surface area contributed by atoms with Crippen LogP contribution in [0.2, 0.25) is 15.1 Å². The van der Waals surface area contributed by atoms with Gasteiger partial charge in [0.2, 0.25) is 0 Å². The van der Waals surface area contributed by atoms with Gasteiger partial charge >= 0.3 is 0 Å². The van der Waals surface area contributed by atoms with Crippen LogP contribution in [0.5, 0.6) is 0 Å². The maximum Gasteiger partial charge on any atom is 0.276 e. The van der Waals surface area contributed by atoms with Gasteiger partial charge in [-0.3, -0.25) is 4.79 Å². The van der Waals surface area contributed by atoms with Gasteiger partial charge in [-0.15, -0.1) is 0 Å². The number of hydrogen-bond acceptors (Lipinski definition) is 2. The lowest BCUT2D eigenvalue weighted by atomic mass is 9.77. The highest BCUT2D eigenvalue weighted by molar-refractivity contribution is 6.34. The lowest BCUT2D eigenvalue weighted by Crippen LogP contribution is -2.32. The van der Waals surface area contributed by atoms with Crippen LogP contribution in [-0.4, -0.2) is 16.6 Å². The zero-order chi connectivity index (χ0) is 22.9. The summed E-state index contributed by atoms with van der Waals surface area (Å²) >= 11 is 18.6. The maximum absolute atomic E-state index is 13.6. The van der Waals surface area contributed by atoms with Crippen LogP contribution in [0.1, 0.15) is 46.8 Å². The second-order valence-electron chi connectivity index (χ2n) is 8.33. The van der Waals surface area contributed by atoms with Crippen molar-refractivity contribution in [2.24, 2.45) is 11.0 Å². The maximum atomic E-state index is 13.6. The van der Waals surface area contributed by atoms with Gasteiger partial charge in [-0.05, 0) is 78.4 Å². The zero-order valence-corrected chi connectivity index (χ0v) is 20.0. The first-order chi connectivity index (χ1) is 16.0. The van der Waals surface area contributed by atoms with Crippen molar-refractivity contribution in [2.75, 3.05) is 0 Å². The molecule has 33 heavy (non-hydrogen) atoms. The highest BCUT2D eigenvalue weighted by atomic mass is 35.5. The van der Waals surface area contributed by atoms with Gasteiger partial charge in [0.1, 0.15) is 0 Å². The van der Waals surface area contributed by atoms with Crippen molar-refractivity contribution in [3.05, 3.63) is 110 Å². The van der Waals surface area contributed by atoms with Crippen molar-refractivity contribution >= 4 is 52.5 Å².